The predicted molar refractivity (Wildman–Crippen MR) is 54.4 cm³/mol. The first-order chi connectivity index (χ1) is 7.31. The summed E-state index contributed by atoms with van der Waals surface area (Å²) in [6, 6.07) is 3.71. The first-order valence-electron chi connectivity index (χ1n) is 4.82. The summed E-state index contributed by atoms with van der Waals surface area (Å²) in [7, 11) is 0. The molecule has 1 unspecified atom stereocenters. The zero-order valence-corrected chi connectivity index (χ0v) is 8.41. The van der Waals surface area contributed by atoms with Crippen molar-refractivity contribution in [2.45, 2.75) is 19.4 Å². The van der Waals surface area contributed by atoms with E-state index < -0.39 is 6.10 Å². The topological polar surface area (TPSA) is 63.8 Å². The van der Waals surface area contributed by atoms with E-state index in [1.807, 2.05) is 19.1 Å². The lowest BCUT2D eigenvalue weighted by atomic mass is 10.2. The van der Waals surface area contributed by atoms with Gasteiger partial charge in [0, 0.05) is 6.20 Å². The average Bonchev–Trinajstić information content (AvgIpc) is 2.78. The van der Waals surface area contributed by atoms with E-state index in [0.717, 1.165) is 5.69 Å². The number of pyridine rings is 1. The predicted octanol–water partition coefficient (Wildman–Crippen LogP) is 1.11. The highest BCUT2D eigenvalue weighted by Gasteiger charge is 2.09. The van der Waals surface area contributed by atoms with E-state index in [9.17, 15) is 5.11 Å². The second-order valence-electron chi connectivity index (χ2n) is 3.22. The Hall–Kier alpha value is -1.75. The van der Waals surface area contributed by atoms with Crippen molar-refractivity contribution >= 4 is 0 Å². The molecule has 0 aromatic carbocycles. The van der Waals surface area contributed by atoms with Gasteiger partial charge in [-0.3, -0.25) is 4.98 Å². The molecule has 1 N–H and O–H groups in total. The molecule has 5 heteroatoms. The van der Waals surface area contributed by atoms with Crippen molar-refractivity contribution in [1.82, 2.24) is 20.0 Å². The first-order valence-corrected chi connectivity index (χ1v) is 4.82. The van der Waals surface area contributed by atoms with Crippen molar-refractivity contribution in [1.29, 1.82) is 0 Å². The zero-order valence-electron chi connectivity index (χ0n) is 8.41. The summed E-state index contributed by atoms with van der Waals surface area (Å²) in [4.78, 5) is 3.98. The fraction of sp³-hybridized carbons (Fsp3) is 0.300. The van der Waals surface area contributed by atoms with Crippen molar-refractivity contribution < 1.29 is 5.11 Å². The van der Waals surface area contributed by atoms with Crippen LogP contribution in [0.1, 0.15) is 25.1 Å². The minimum atomic E-state index is -0.546. The molecular weight excluding hydrogens is 192 g/mol. The van der Waals surface area contributed by atoms with Crippen LogP contribution in [0.4, 0.5) is 0 Å². The van der Waals surface area contributed by atoms with Crippen molar-refractivity contribution in [2.24, 2.45) is 0 Å². The van der Waals surface area contributed by atoms with Crippen LogP contribution < -0.4 is 0 Å². The molecule has 15 heavy (non-hydrogen) atoms. The largest absolute Gasteiger partial charge is 0.387 e. The molecular formula is C10H12N4O. The van der Waals surface area contributed by atoms with Gasteiger partial charge in [-0.1, -0.05) is 12.1 Å². The minimum absolute atomic E-state index is 0.546. The van der Waals surface area contributed by atoms with Crippen molar-refractivity contribution in [3.63, 3.8) is 0 Å². The van der Waals surface area contributed by atoms with Crippen LogP contribution in [-0.4, -0.2) is 25.1 Å². The quantitative estimate of drug-likeness (QED) is 0.813. The highest BCUT2D eigenvalue weighted by atomic mass is 16.3. The fourth-order valence-electron chi connectivity index (χ4n) is 1.25. The maximum atomic E-state index is 9.56. The van der Waals surface area contributed by atoms with Crippen LogP contribution in [-0.2, 0) is 0 Å². The Morgan fingerprint density at radius 3 is 3.07 bits per heavy atom. The smallest absolute Gasteiger partial charge is 0.112 e. The third-order valence-electron chi connectivity index (χ3n) is 2.15. The van der Waals surface area contributed by atoms with Crippen LogP contribution in [0.25, 0.3) is 5.69 Å². The Bertz CT molecular complexity index is 426. The molecule has 0 aliphatic rings. The summed E-state index contributed by atoms with van der Waals surface area (Å²) in [6.07, 6.45) is 5.19. The van der Waals surface area contributed by atoms with Crippen LogP contribution in [0.15, 0.2) is 30.7 Å². The monoisotopic (exact) mass is 204 g/mol. The SMILES string of the molecule is CCC(O)c1cn(-c2cccnc2)nn1. The average molecular weight is 204 g/mol. The molecule has 0 fully saturated rings. The van der Waals surface area contributed by atoms with E-state index in [1.54, 1.807) is 23.3 Å². The molecule has 0 aliphatic heterocycles. The van der Waals surface area contributed by atoms with Crippen LogP contribution in [0.3, 0.4) is 0 Å². The second kappa shape index (κ2) is 4.18. The molecule has 0 saturated heterocycles. The Morgan fingerprint density at radius 2 is 2.40 bits per heavy atom. The summed E-state index contributed by atoms with van der Waals surface area (Å²) < 4.78 is 1.60. The van der Waals surface area contributed by atoms with Crippen LogP contribution in [0.5, 0.6) is 0 Å². The van der Waals surface area contributed by atoms with Gasteiger partial charge in [0.05, 0.1) is 24.2 Å². The zero-order chi connectivity index (χ0) is 10.7. The summed E-state index contributed by atoms with van der Waals surface area (Å²) in [5.41, 5.74) is 1.42. The normalized spacial score (nSPS) is 12.7. The molecule has 0 radical (unpaired) electrons. The number of nitrogens with zero attached hydrogens (tertiary/aromatic N) is 4. The number of hydrogen-bond acceptors (Lipinski definition) is 4. The van der Waals surface area contributed by atoms with Gasteiger partial charge < -0.3 is 5.11 Å². The van der Waals surface area contributed by atoms with E-state index in [0.29, 0.717) is 12.1 Å². The van der Waals surface area contributed by atoms with Crippen molar-refractivity contribution in [3.05, 3.63) is 36.4 Å². The fourth-order valence-corrected chi connectivity index (χ4v) is 1.25. The summed E-state index contributed by atoms with van der Waals surface area (Å²) in [5, 5.41) is 17.4. The maximum Gasteiger partial charge on any atom is 0.112 e. The second-order valence-corrected chi connectivity index (χ2v) is 3.22. The number of aliphatic hydroxyl groups is 1. The Kier molecular flexibility index (Phi) is 2.73. The number of hydrogen-bond donors (Lipinski definition) is 1. The molecule has 2 aromatic rings. The van der Waals surface area contributed by atoms with E-state index in [2.05, 4.69) is 15.3 Å². The van der Waals surface area contributed by atoms with Crippen molar-refractivity contribution in [3.8, 4) is 5.69 Å². The van der Waals surface area contributed by atoms with Gasteiger partial charge in [-0.05, 0) is 18.6 Å². The molecule has 0 spiro atoms. The van der Waals surface area contributed by atoms with Gasteiger partial charge in [0.1, 0.15) is 5.69 Å². The van der Waals surface area contributed by atoms with E-state index >= 15 is 0 Å². The van der Waals surface area contributed by atoms with Crippen LogP contribution in [0.2, 0.25) is 0 Å². The van der Waals surface area contributed by atoms with E-state index in [4.69, 9.17) is 0 Å². The highest BCUT2D eigenvalue weighted by Crippen LogP contribution is 2.13. The van der Waals surface area contributed by atoms with Gasteiger partial charge in [-0.25, -0.2) is 4.68 Å². The molecule has 1 atom stereocenters. The minimum Gasteiger partial charge on any atom is -0.387 e. The van der Waals surface area contributed by atoms with Gasteiger partial charge in [-0.2, -0.15) is 0 Å². The molecule has 0 saturated carbocycles. The van der Waals surface area contributed by atoms with E-state index in [1.165, 1.54) is 0 Å². The third kappa shape index (κ3) is 2.02. The standard InChI is InChI=1S/C10H12N4O/c1-2-10(15)9-7-14(13-12-9)8-4-3-5-11-6-8/h3-7,10,15H,2H2,1H3. The molecule has 0 amide bonds. The Labute approximate surface area is 87.4 Å². The number of aliphatic hydroxyl groups excluding tert-OH is 1. The van der Waals surface area contributed by atoms with E-state index in [-0.39, 0.29) is 0 Å². The Morgan fingerprint density at radius 1 is 1.53 bits per heavy atom. The molecule has 2 heterocycles. The summed E-state index contributed by atoms with van der Waals surface area (Å²) in [5.74, 6) is 0. The third-order valence-corrected chi connectivity index (χ3v) is 2.15. The van der Waals surface area contributed by atoms with Crippen LogP contribution in [0, 0.1) is 0 Å². The van der Waals surface area contributed by atoms with Gasteiger partial charge >= 0.3 is 0 Å². The van der Waals surface area contributed by atoms with Crippen LogP contribution >= 0.6 is 0 Å². The summed E-state index contributed by atoms with van der Waals surface area (Å²) >= 11 is 0. The molecule has 2 aromatic heterocycles. The first kappa shape index (κ1) is 9.79. The molecule has 0 bridgehead atoms. The number of rotatable bonds is 3. The molecule has 2 rings (SSSR count). The lowest BCUT2D eigenvalue weighted by Crippen LogP contribution is -1.95. The number of aromatic nitrogens is 4. The Balaban J connectivity index is 2.28. The highest BCUT2D eigenvalue weighted by molar-refractivity contribution is 5.26. The maximum absolute atomic E-state index is 9.56. The van der Waals surface area contributed by atoms with Gasteiger partial charge in [0.2, 0.25) is 0 Å². The molecule has 5 nitrogen and oxygen atoms in total. The molecule has 0 aliphatic carbocycles. The summed E-state index contributed by atoms with van der Waals surface area (Å²) in [6.45, 7) is 1.90. The van der Waals surface area contributed by atoms with Gasteiger partial charge in [-0.15, -0.1) is 5.10 Å². The van der Waals surface area contributed by atoms with Crippen molar-refractivity contribution in [2.75, 3.05) is 0 Å². The molecule has 78 valence electrons. The lowest BCUT2D eigenvalue weighted by molar-refractivity contribution is 0.169. The van der Waals surface area contributed by atoms with Gasteiger partial charge in [0.25, 0.3) is 0 Å². The lowest BCUT2D eigenvalue weighted by Gasteiger charge is -2.00. The van der Waals surface area contributed by atoms with Gasteiger partial charge in [0.15, 0.2) is 0 Å².